The largest absolute Gasteiger partial charge is 0.487 e. The Kier molecular flexibility index (Phi) is 6.98. The van der Waals surface area contributed by atoms with Gasteiger partial charge in [-0.1, -0.05) is 30.2 Å². The Morgan fingerprint density at radius 3 is 2.42 bits per heavy atom. The molecule has 0 saturated carbocycles. The predicted molar refractivity (Wildman–Crippen MR) is 112 cm³/mol. The van der Waals surface area contributed by atoms with Gasteiger partial charge < -0.3 is 9.84 Å². The Hall–Kier alpha value is -3.31. The van der Waals surface area contributed by atoms with E-state index in [0.717, 1.165) is 17.7 Å². The molecule has 0 aliphatic carbocycles. The molecule has 3 aromatic rings. The second-order valence-corrected chi connectivity index (χ2v) is 7.48. The third-order valence-electron chi connectivity index (χ3n) is 4.38. The summed E-state index contributed by atoms with van der Waals surface area (Å²) in [5.41, 5.74) is 1.36. The molecule has 0 unspecified atom stereocenters. The molecule has 0 saturated heterocycles. The maximum atomic E-state index is 12.7. The van der Waals surface area contributed by atoms with Crippen LogP contribution < -0.4 is 4.74 Å². The first kappa shape index (κ1) is 22.4. The number of ether oxygens (including phenoxy) is 1. The summed E-state index contributed by atoms with van der Waals surface area (Å²) in [6, 6.07) is 11.9. The van der Waals surface area contributed by atoms with E-state index in [2.05, 4.69) is 16.8 Å². The lowest BCUT2D eigenvalue weighted by atomic mass is 9.96. The molecule has 31 heavy (non-hydrogen) atoms. The highest BCUT2D eigenvalue weighted by Crippen LogP contribution is 2.32. The van der Waals surface area contributed by atoms with Crippen LogP contribution >= 0.6 is 11.3 Å². The van der Waals surface area contributed by atoms with Gasteiger partial charge in [-0.3, -0.25) is 4.79 Å². The van der Waals surface area contributed by atoms with Gasteiger partial charge in [0.1, 0.15) is 17.4 Å². The lowest BCUT2D eigenvalue weighted by Gasteiger charge is -2.10. The molecule has 1 aromatic heterocycles. The Labute approximate surface area is 181 Å². The summed E-state index contributed by atoms with van der Waals surface area (Å²) in [7, 11) is 0. The maximum Gasteiger partial charge on any atom is 0.416 e. The van der Waals surface area contributed by atoms with Gasteiger partial charge in [-0.2, -0.15) is 13.2 Å². The summed E-state index contributed by atoms with van der Waals surface area (Å²) in [6.45, 7) is 1.86. The molecule has 0 aliphatic rings. The minimum Gasteiger partial charge on any atom is -0.487 e. The van der Waals surface area contributed by atoms with E-state index >= 15 is 0 Å². The van der Waals surface area contributed by atoms with Crippen LogP contribution in [0.15, 0.2) is 53.9 Å². The van der Waals surface area contributed by atoms with Gasteiger partial charge in [-0.25, -0.2) is 4.98 Å². The maximum absolute atomic E-state index is 12.7. The number of thiazole rings is 1. The van der Waals surface area contributed by atoms with Gasteiger partial charge in [-0.05, 0) is 36.8 Å². The highest BCUT2D eigenvalue weighted by molar-refractivity contribution is 7.13. The zero-order chi connectivity index (χ0) is 22.4. The first-order chi connectivity index (χ1) is 14.8. The second-order valence-electron chi connectivity index (χ2n) is 6.62. The fourth-order valence-corrected chi connectivity index (χ4v) is 3.67. The number of aromatic nitrogens is 1. The first-order valence-corrected chi connectivity index (χ1v) is 10.1. The van der Waals surface area contributed by atoms with E-state index in [0.29, 0.717) is 22.0 Å². The molecule has 8 heteroatoms. The van der Waals surface area contributed by atoms with Crippen molar-refractivity contribution >= 4 is 17.3 Å². The molecule has 3 rings (SSSR count). The highest BCUT2D eigenvalue weighted by atomic mass is 32.1. The van der Waals surface area contributed by atoms with Gasteiger partial charge in [0.2, 0.25) is 0 Å². The van der Waals surface area contributed by atoms with E-state index in [-0.39, 0.29) is 18.9 Å². The monoisotopic (exact) mass is 445 g/mol. The number of hydrogen-bond donors (Lipinski definition) is 1. The topological polar surface area (TPSA) is 59.4 Å². The molecular formula is C23H18F3NO3S. The fourth-order valence-electron chi connectivity index (χ4n) is 2.86. The van der Waals surface area contributed by atoms with Crippen molar-refractivity contribution in [1.82, 2.24) is 4.98 Å². The van der Waals surface area contributed by atoms with Gasteiger partial charge in [0.25, 0.3) is 0 Å². The number of halogens is 3. The summed E-state index contributed by atoms with van der Waals surface area (Å²) in [5.74, 6) is 4.93. The number of carbonyl (C=O) groups is 1. The van der Waals surface area contributed by atoms with Gasteiger partial charge in [0.05, 0.1) is 23.6 Å². The first-order valence-electron chi connectivity index (χ1n) is 9.25. The summed E-state index contributed by atoms with van der Waals surface area (Å²) in [6.07, 6.45) is -4.45. The molecule has 0 amide bonds. The van der Waals surface area contributed by atoms with Gasteiger partial charge >= 0.3 is 12.1 Å². The molecule has 0 aliphatic heterocycles. The van der Waals surface area contributed by atoms with Crippen molar-refractivity contribution in [2.45, 2.75) is 32.0 Å². The average Bonchev–Trinajstić information content (AvgIpc) is 3.21. The molecule has 160 valence electrons. The van der Waals surface area contributed by atoms with Crippen molar-refractivity contribution in [2.75, 3.05) is 0 Å². The minimum absolute atomic E-state index is 0.0768. The van der Waals surface area contributed by atoms with E-state index < -0.39 is 17.7 Å². The summed E-state index contributed by atoms with van der Waals surface area (Å²) in [5, 5.41) is 11.4. The second kappa shape index (κ2) is 9.67. The van der Waals surface area contributed by atoms with Crippen LogP contribution in [0.3, 0.4) is 0 Å². The summed E-state index contributed by atoms with van der Waals surface area (Å²) < 4.78 is 43.8. The average molecular weight is 445 g/mol. The molecule has 0 fully saturated rings. The quantitative estimate of drug-likeness (QED) is 0.454. The lowest BCUT2D eigenvalue weighted by Crippen LogP contribution is -2.04. The molecule has 4 nitrogen and oxygen atoms in total. The number of rotatable bonds is 7. The zero-order valence-corrected chi connectivity index (χ0v) is 17.3. The number of aliphatic carboxylic acids is 1. The molecular weight excluding hydrogens is 427 g/mol. The van der Waals surface area contributed by atoms with Gasteiger partial charge in [-0.15, -0.1) is 17.3 Å². The summed E-state index contributed by atoms with van der Waals surface area (Å²) >= 11 is 1.33. The number of benzene rings is 2. The summed E-state index contributed by atoms with van der Waals surface area (Å²) in [4.78, 5) is 15.4. The number of hydrogen-bond acceptors (Lipinski definition) is 4. The van der Waals surface area contributed by atoms with E-state index in [4.69, 9.17) is 9.84 Å². The van der Waals surface area contributed by atoms with Crippen LogP contribution in [0.5, 0.6) is 5.75 Å². The molecule has 1 heterocycles. The SMILES string of the molecule is CC#C[C@@H](CC(=O)O)c1ccc(OCc2csc(-c3ccc(C(F)(F)F)cc3)n2)cc1. The molecule has 0 radical (unpaired) electrons. The molecule has 0 bridgehead atoms. The van der Waals surface area contributed by atoms with Crippen LogP contribution in [0.2, 0.25) is 0 Å². The Morgan fingerprint density at radius 1 is 1.16 bits per heavy atom. The fraction of sp³-hybridized carbons (Fsp3) is 0.217. The van der Waals surface area contributed by atoms with E-state index in [9.17, 15) is 18.0 Å². The zero-order valence-electron chi connectivity index (χ0n) is 16.4. The van der Waals surface area contributed by atoms with Crippen molar-refractivity contribution in [3.8, 4) is 28.2 Å². The lowest BCUT2D eigenvalue weighted by molar-refractivity contribution is -0.138. The van der Waals surface area contributed by atoms with Gasteiger partial charge in [0, 0.05) is 10.9 Å². The van der Waals surface area contributed by atoms with Crippen molar-refractivity contribution in [2.24, 2.45) is 0 Å². The van der Waals surface area contributed by atoms with Crippen molar-refractivity contribution < 1.29 is 27.8 Å². The van der Waals surface area contributed by atoms with Crippen LogP contribution in [0.4, 0.5) is 13.2 Å². The van der Waals surface area contributed by atoms with E-state index in [1.54, 1.807) is 36.6 Å². The predicted octanol–water partition coefficient (Wildman–Crippen LogP) is 5.99. The van der Waals surface area contributed by atoms with E-state index in [1.165, 1.54) is 23.5 Å². The van der Waals surface area contributed by atoms with Crippen LogP contribution in [-0.2, 0) is 17.6 Å². The van der Waals surface area contributed by atoms with Crippen LogP contribution in [0.25, 0.3) is 10.6 Å². The van der Waals surface area contributed by atoms with Crippen molar-refractivity contribution in [3.05, 3.63) is 70.7 Å². The van der Waals surface area contributed by atoms with Crippen molar-refractivity contribution in [3.63, 3.8) is 0 Å². The number of alkyl halides is 3. The number of carboxylic acid groups (broad SMARTS) is 1. The number of carboxylic acids is 1. The third-order valence-corrected chi connectivity index (χ3v) is 5.32. The normalized spacial score (nSPS) is 12.0. The molecule has 1 atom stereocenters. The van der Waals surface area contributed by atoms with Crippen LogP contribution in [-0.4, -0.2) is 16.1 Å². The Balaban J connectivity index is 1.62. The Bertz CT molecular complexity index is 1090. The third kappa shape index (κ3) is 6.09. The Morgan fingerprint density at radius 2 is 1.84 bits per heavy atom. The minimum atomic E-state index is -4.37. The molecule has 0 spiro atoms. The standard InChI is InChI=1S/C23H18F3NO3S/c1-2-3-17(12-21(28)29)15-6-10-20(11-7-15)30-13-19-14-31-22(27-19)16-4-8-18(9-5-16)23(24,25)26/h4-11,14,17H,12-13H2,1H3,(H,28,29)/t17-/m0/s1. The molecule has 2 aromatic carbocycles. The van der Waals surface area contributed by atoms with Gasteiger partial charge in [0.15, 0.2) is 0 Å². The van der Waals surface area contributed by atoms with Crippen LogP contribution in [0, 0.1) is 11.8 Å². The number of nitrogens with zero attached hydrogens (tertiary/aromatic N) is 1. The smallest absolute Gasteiger partial charge is 0.416 e. The van der Waals surface area contributed by atoms with E-state index in [1.807, 2.05) is 0 Å². The van der Waals surface area contributed by atoms with Crippen LogP contribution in [0.1, 0.15) is 36.1 Å². The highest BCUT2D eigenvalue weighted by Gasteiger charge is 2.30. The molecule has 1 N–H and O–H groups in total. The van der Waals surface area contributed by atoms with Crippen molar-refractivity contribution in [1.29, 1.82) is 0 Å².